The normalized spacial score (nSPS) is 11.6. The van der Waals surface area contributed by atoms with E-state index in [-0.39, 0.29) is 30.9 Å². The van der Waals surface area contributed by atoms with E-state index in [4.69, 9.17) is 16.3 Å². The van der Waals surface area contributed by atoms with Gasteiger partial charge in [-0.2, -0.15) is 0 Å². The minimum Gasteiger partial charge on any atom is -0.422 e. The fourth-order valence-electron chi connectivity index (χ4n) is 2.57. The Kier molecular flexibility index (Phi) is 8.18. The van der Waals surface area contributed by atoms with Gasteiger partial charge in [0.2, 0.25) is 0 Å². The molecule has 0 heterocycles. The first-order valence-electron chi connectivity index (χ1n) is 9.22. The zero-order valence-electron chi connectivity index (χ0n) is 16.6. The van der Waals surface area contributed by atoms with Crippen molar-refractivity contribution in [3.8, 4) is 5.75 Å². The Hall–Kier alpha value is -2.90. The number of benzene rings is 2. The lowest BCUT2D eigenvalue weighted by Crippen LogP contribution is -3.11. The molecule has 0 saturated carbocycles. The highest BCUT2D eigenvalue weighted by molar-refractivity contribution is 6.34. The van der Waals surface area contributed by atoms with E-state index in [0.29, 0.717) is 22.0 Å². The molecule has 29 heavy (non-hydrogen) atoms. The van der Waals surface area contributed by atoms with Crippen LogP contribution in [0.1, 0.15) is 24.2 Å². The predicted octanol–water partition coefficient (Wildman–Crippen LogP) is 1.54. The first-order chi connectivity index (χ1) is 13.7. The highest BCUT2D eigenvalue weighted by Gasteiger charge is 2.16. The van der Waals surface area contributed by atoms with E-state index in [2.05, 4.69) is 10.6 Å². The summed E-state index contributed by atoms with van der Waals surface area (Å²) >= 11 is 6.02. The maximum atomic E-state index is 12.3. The van der Waals surface area contributed by atoms with E-state index < -0.39 is 5.97 Å². The summed E-state index contributed by atoms with van der Waals surface area (Å²) in [5.74, 6) is -0.549. The standard InChI is InChI=1S/C21H24ClN3O4/c1-14(2)23-19(26)12-25(3)13-20(27)29-16-10-8-15(9-11-16)24-21(28)17-6-4-5-7-18(17)22/h4-11,14H,12-13H2,1-3H3,(H,23,26)(H,24,28)/p+1. The van der Waals surface area contributed by atoms with Crippen LogP contribution < -0.4 is 20.3 Å². The number of hydrogen-bond donors (Lipinski definition) is 3. The highest BCUT2D eigenvalue weighted by atomic mass is 35.5. The lowest BCUT2D eigenvalue weighted by atomic mass is 10.2. The summed E-state index contributed by atoms with van der Waals surface area (Å²) in [6.45, 7) is 3.99. The molecule has 1 unspecified atom stereocenters. The molecular weight excluding hydrogens is 394 g/mol. The number of carbonyl (C=O) groups excluding carboxylic acids is 3. The van der Waals surface area contributed by atoms with Crippen molar-refractivity contribution in [3.05, 3.63) is 59.1 Å². The maximum absolute atomic E-state index is 12.3. The molecule has 0 spiro atoms. The number of quaternary nitrogens is 1. The average molecular weight is 419 g/mol. The number of hydrogen-bond acceptors (Lipinski definition) is 4. The Morgan fingerprint density at radius 2 is 1.69 bits per heavy atom. The number of nitrogens with one attached hydrogen (secondary N) is 3. The second kappa shape index (κ2) is 10.6. The lowest BCUT2D eigenvalue weighted by molar-refractivity contribution is -0.863. The van der Waals surface area contributed by atoms with E-state index >= 15 is 0 Å². The van der Waals surface area contributed by atoms with E-state index in [9.17, 15) is 14.4 Å². The highest BCUT2D eigenvalue weighted by Crippen LogP contribution is 2.19. The fourth-order valence-corrected chi connectivity index (χ4v) is 2.80. The molecule has 0 fully saturated rings. The van der Waals surface area contributed by atoms with Crippen LogP contribution in [0.25, 0.3) is 0 Å². The van der Waals surface area contributed by atoms with Gasteiger partial charge in [-0.25, -0.2) is 4.79 Å². The molecule has 0 aromatic heterocycles. The van der Waals surface area contributed by atoms with Crippen molar-refractivity contribution >= 4 is 35.1 Å². The summed E-state index contributed by atoms with van der Waals surface area (Å²) in [4.78, 5) is 36.8. The van der Waals surface area contributed by atoms with Gasteiger partial charge in [-0.05, 0) is 50.2 Å². The Balaban J connectivity index is 1.85. The summed E-state index contributed by atoms with van der Waals surface area (Å²) in [5, 5.41) is 5.88. The van der Waals surface area contributed by atoms with Crippen molar-refractivity contribution < 1.29 is 24.0 Å². The molecule has 7 nitrogen and oxygen atoms in total. The molecule has 0 radical (unpaired) electrons. The Morgan fingerprint density at radius 1 is 1.03 bits per heavy atom. The fraction of sp³-hybridized carbons (Fsp3) is 0.286. The molecule has 0 bridgehead atoms. The summed E-state index contributed by atoms with van der Waals surface area (Å²) in [7, 11) is 1.74. The zero-order chi connectivity index (χ0) is 21.4. The van der Waals surface area contributed by atoms with Crippen LogP contribution >= 0.6 is 11.6 Å². The molecule has 8 heteroatoms. The minimum absolute atomic E-state index is 0.0521. The van der Waals surface area contributed by atoms with Crippen LogP contribution in [-0.4, -0.2) is 44.0 Å². The Labute approximate surface area is 175 Å². The van der Waals surface area contributed by atoms with Crippen molar-refractivity contribution in [2.75, 3.05) is 25.5 Å². The number of anilines is 1. The number of carbonyl (C=O) groups is 3. The third-order valence-corrected chi connectivity index (χ3v) is 4.15. The SMILES string of the molecule is CC(C)NC(=O)C[NH+](C)CC(=O)Oc1ccc(NC(=O)c2ccccc2Cl)cc1. The number of likely N-dealkylation sites (N-methyl/N-ethyl adjacent to an activating group) is 1. The summed E-state index contributed by atoms with van der Waals surface area (Å²) in [6, 6.07) is 13.2. The minimum atomic E-state index is -0.451. The van der Waals surface area contributed by atoms with Crippen molar-refractivity contribution in [3.63, 3.8) is 0 Å². The predicted molar refractivity (Wildman–Crippen MR) is 111 cm³/mol. The van der Waals surface area contributed by atoms with Crippen molar-refractivity contribution in [1.82, 2.24) is 5.32 Å². The molecule has 0 saturated heterocycles. The van der Waals surface area contributed by atoms with Crippen LogP contribution in [0.4, 0.5) is 5.69 Å². The van der Waals surface area contributed by atoms with Crippen molar-refractivity contribution in [2.45, 2.75) is 19.9 Å². The number of esters is 1. The largest absolute Gasteiger partial charge is 0.422 e. The van der Waals surface area contributed by atoms with E-state index in [1.165, 1.54) is 0 Å². The quantitative estimate of drug-likeness (QED) is 0.448. The van der Waals surface area contributed by atoms with Gasteiger partial charge < -0.3 is 20.3 Å². The van der Waals surface area contributed by atoms with Crippen molar-refractivity contribution in [1.29, 1.82) is 0 Å². The van der Waals surface area contributed by atoms with E-state index in [0.717, 1.165) is 4.90 Å². The summed E-state index contributed by atoms with van der Waals surface area (Å²) < 4.78 is 5.29. The number of ether oxygens (including phenoxy) is 1. The summed E-state index contributed by atoms with van der Waals surface area (Å²) in [6.07, 6.45) is 0. The average Bonchev–Trinajstić information content (AvgIpc) is 2.62. The molecular formula is C21H25ClN3O4+. The Morgan fingerprint density at radius 3 is 2.31 bits per heavy atom. The third kappa shape index (κ3) is 7.56. The molecule has 2 rings (SSSR count). The van der Waals surface area contributed by atoms with Gasteiger partial charge >= 0.3 is 5.97 Å². The smallest absolute Gasteiger partial charge is 0.367 e. The monoisotopic (exact) mass is 418 g/mol. The molecule has 154 valence electrons. The maximum Gasteiger partial charge on any atom is 0.367 e. The number of amides is 2. The molecule has 0 aliphatic carbocycles. The van der Waals surface area contributed by atoms with Gasteiger partial charge in [0.25, 0.3) is 11.8 Å². The summed E-state index contributed by atoms with van der Waals surface area (Å²) in [5.41, 5.74) is 0.917. The van der Waals surface area contributed by atoms with Gasteiger partial charge in [-0.3, -0.25) is 9.59 Å². The van der Waals surface area contributed by atoms with E-state index in [1.54, 1.807) is 55.6 Å². The first-order valence-corrected chi connectivity index (χ1v) is 9.59. The number of halogens is 1. The van der Waals surface area contributed by atoms with Crippen LogP contribution in [0, 0.1) is 0 Å². The second-order valence-electron chi connectivity index (χ2n) is 6.97. The van der Waals surface area contributed by atoms with Crippen LogP contribution in [0.3, 0.4) is 0 Å². The van der Waals surface area contributed by atoms with Crippen LogP contribution in [0.2, 0.25) is 5.02 Å². The van der Waals surface area contributed by atoms with E-state index in [1.807, 2.05) is 13.8 Å². The lowest BCUT2D eigenvalue weighted by Gasteiger charge is -2.14. The number of rotatable bonds is 8. The first kappa shape index (κ1) is 22.4. The second-order valence-corrected chi connectivity index (χ2v) is 7.37. The molecule has 2 amide bonds. The molecule has 2 aromatic rings. The van der Waals surface area contributed by atoms with Gasteiger partial charge in [0, 0.05) is 11.7 Å². The third-order valence-electron chi connectivity index (χ3n) is 3.82. The van der Waals surface area contributed by atoms with Gasteiger partial charge in [0.15, 0.2) is 13.1 Å². The van der Waals surface area contributed by atoms with Crippen LogP contribution in [0.15, 0.2) is 48.5 Å². The molecule has 2 aromatic carbocycles. The van der Waals surface area contributed by atoms with Gasteiger partial charge in [-0.15, -0.1) is 0 Å². The Bertz CT molecular complexity index is 868. The molecule has 0 aliphatic heterocycles. The van der Waals surface area contributed by atoms with Gasteiger partial charge in [0.05, 0.1) is 17.6 Å². The van der Waals surface area contributed by atoms with Gasteiger partial charge in [0.1, 0.15) is 5.75 Å². The topological polar surface area (TPSA) is 88.9 Å². The van der Waals surface area contributed by atoms with Crippen LogP contribution in [0.5, 0.6) is 5.75 Å². The van der Waals surface area contributed by atoms with Gasteiger partial charge in [-0.1, -0.05) is 23.7 Å². The van der Waals surface area contributed by atoms with Crippen LogP contribution in [-0.2, 0) is 9.59 Å². The molecule has 1 atom stereocenters. The molecule has 0 aliphatic rings. The van der Waals surface area contributed by atoms with Crippen molar-refractivity contribution in [2.24, 2.45) is 0 Å². The molecule has 3 N–H and O–H groups in total. The zero-order valence-corrected chi connectivity index (χ0v) is 17.4.